The Morgan fingerprint density at radius 1 is 1.10 bits per heavy atom. The standard InChI is InChI=1S/C13H6Cl2F3N3/c14-9-3-8(13(16,17)18)4-10(5-9)20-12-2-7(6-19)1-11(15)21-12/h1-5H,(H,20,21). The minimum Gasteiger partial charge on any atom is -0.340 e. The second-order valence-electron chi connectivity index (χ2n) is 4.03. The first-order chi connectivity index (χ1) is 9.77. The van der Waals surface area contributed by atoms with Gasteiger partial charge in [-0.3, -0.25) is 0 Å². The first-order valence-corrected chi connectivity index (χ1v) is 6.26. The average Bonchev–Trinajstić information content (AvgIpc) is 2.36. The van der Waals surface area contributed by atoms with Gasteiger partial charge in [-0.15, -0.1) is 0 Å². The van der Waals surface area contributed by atoms with Gasteiger partial charge in [0.05, 0.1) is 17.2 Å². The summed E-state index contributed by atoms with van der Waals surface area (Å²) in [6.45, 7) is 0. The van der Waals surface area contributed by atoms with Crippen LogP contribution < -0.4 is 5.32 Å². The summed E-state index contributed by atoms with van der Waals surface area (Å²) in [6, 6.07) is 7.59. The van der Waals surface area contributed by atoms with Crippen LogP contribution in [-0.4, -0.2) is 4.98 Å². The smallest absolute Gasteiger partial charge is 0.340 e. The lowest BCUT2D eigenvalue weighted by Crippen LogP contribution is -2.06. The summed E-state index contributed by atoms with van der Waals surface area (Å²) in [5.41, 5.74) is -0.566. The van der Waals surface area contributed by atoms with Gasteiger partial charge in [-0.05, 0) is 30.3 Å². The van der Waals surface area contributed by atoms with Crippen molar-refractivity contribution >= 4 is 34.7 Å². The number of hydrogen-bond donors (Lipinski definition) is 1. The van der Waals surface area contributed by atoms with Crippen LogP contribution in [0.4, 0.5) is 24.7 Å². The number of nitrogens with zero attached hydrogens (tertiary/aromatic N) is 2. The van der Waals surface area contributed by atoms with Crippen molar-refractivity contribution in [1.82, 2.24) is 4.98 Å². The SMILES string of the molecule is N#Cc1cc(Cl)nc(Nc2cc(Cl)cc(C(F)(F)F)c2)c1. The van der Waals surface area contributed by atoms with Gasteiger partial charge >= 0.3 is 6.18 Å². The third kappa shape index (κ3) is 4.00. The molecular weight excluding hydrogens is 326 g/mol. The van der Waals surface area contributed by atoms with Crippen molar-refractivity contribution in [3.05, 3.63) is 51.6 Å². The van der Waals surface area contributed by atoms with Crippen molar-refractivity contribution in [2.24, 2.45) is 0 Å². The molecule has 0 radical (unpaired) electrons. The predicted molar refractivity (Wildman–Crippen MR) is 73.7 cm³/mol. The summed E-state index contributed by atoms with van der Waals surface area (Å²) in [7, 11) is 0. The van der Waals surface area contributed by atoms with Crippen molar-refractivity contribution in [3.8, 4) is 6.07 Å². The molecule has 0 aliphatic carbocycles. The molecule has 0 amide bonds. The van der Waals surface area contributed by atoms with E-state index in [9.17, 15) is 13.2 Å². The maximum Gasteiger partial charge on any atom is 0.416 e. The van der Waals surface area contributed by atoms with E-state index in [1.165, 1.54) is 18.2 Å². The Morgan fingerprint density at radius 3 is 2.43 bits per heavy atom. The second-order valence-corrected chi connectivity index (χ2v) is 4.85. The Bertz CT molecular complexity index is 724. The van der Waals surface area contributed by atoms with Gasteiger partial charge in [0.1, 0.15) is 11.0 Å². The second kappa shape index (κ2) is 5.80. The number of halogens is 5. The van der Waals surface area contributed by atoms with E-state index in [1.807, 2.05) is 6.07 Å². The summed E-state index contributed by atoms with van der Waals surface area (Å²) < 4.78 is 38.1. The normalized spacial score (nSPS) is 11.0. The van der Waals surface area contributed by atoms with E-state index < -0.39 is 11.7 Å². The fourth-order valence-corrected chi connectivity index (χ4v) is 2.04. The maximum absolute atomic E-state index is 12.7. The molecule has 2 aromatic rings. The van der Waals surface area contributed by atoms with Crippen LogP contribution in [0.3, 0.4) is 0 Å². The molecule has 0 aliphatic rings. The lowest BCUT2D eigenvalue weighted by molar-refractivity contribution is -0.137. The molecule has 8 heteroatoms. The van der Waals surface area contributed by atoms with E-state index in [-0.39, 0.29) is 27.2 Å². The number of anilines is 2. The van der Waals surface area contributed by atoms with Gasteiger partial charge in [-0.25, -0.2) is 4.98 Å². The number of aromatic nitrogens is 1. The van der Waals surface area contributed by atoms with Crippen LogP contribution in [0.2, 0.25) is 10.2 Å². The predicted octanol–water partition coefficient (Wildman–Crippen LogP) is 5.02. The zero-order chi connectivity index (χ0) is 15.6. The number of benzene rings is 1. The number of hydrogen-bond acceptors (Lipinski definition) is 3. The molecule has 0 saturated carbocycles. The number of rotatable bonds is 2. The fraction of sp³-hybridized carbons (Fsp3) is 0.0769. The minimum atomic E-state index is -4.51. The summed E-state index contributed by atoms with van der Waals surface area (Å²) >= 11 is 11.4. The zero-order valence-electron chi connectivity index (χ0n) is 10.2. The van der Waals surface area contributed by atoms with Crippen molar-refractivity contribution in [3.63, 3.8) is 0 Å². The van der Waals surface area contributed by atoms with E-state index in [0.29, 0.717) is 0 Å². The van der Waals surface area contributed by atoms with Crippen LogP contribution in [0.1, 0.15) is 11.1 Å². The van der Waals surface area contributed by atoms with E-state index in [1.54, 1.807) is 0 Å². The molecule has 0 fully saturated rings. The fourth-order valence-electron chi connectivity index (χ4n) is 1.60. The summed E-state index contributed by atoms with van der Waals surface area (Å²) in [6.07, 6.45) is -4.51. The Hall–Kier alpha value is -1.97. The van der Waals surface area contributed by atoms with Crippen molar-refractivity contribution in [2.45, 2.75) is 6.18 Å². The molecule has 3 nitrogen and oxygen atoms in total. The van der Waals surface area contributed by atoms with Crippen LogP contribution in [0.5, 0.6) is 0 Å². The molecule has 0 aliphatic heterocycles. The molecule has 1 heterocycles. The number of alkyl halides is 3. The molecule has 2 rings (SSSR count). The molecule has 0 saturated heterocycles. The molecular formula is C13H6Cl2F3N3. The zero-order valence-corrected chi connectivity index (χ0v) is 11.7. The first-order valence-electron chi connectivity index (χ1n) is 5.50. The van der Waals surface area contributed by atoms with Gasteiger partial charge < -0.3 is 5.32 Å². The first kappa shape index (κ1) is 15.4. The van der Waals surface area contributed by atoms with Gasteiger partial charge in [0.15, 0.2) is 0 Å². The largest absolute Gasteiger partial charge is 0.416 e. The molecule has 0 atom stereocenters. The van der Waals surface area contributed by atoms with Crippen molar-refractivity contribution in [2.75, 3.05) is 5.32 Å². The highest BCUT2D eigenvalue weighted by Crippen LogP contribution is 2.34. The number of nitriles is 1. The van der Waals surface area contributed by atoms with Crippen LogP contribution in [-0.2, 0) is 6.18 Å². The highest BCUT2D eigenvalue weighted by atomic mass is 35.5. The van der Waals surface area contributed by atoms with E-state index in [4.69, 9.17) is 28.5 Å². The minimum absolute atomic E-state index is 0.0506. The van der Waals surface area contributed by atoms with Gasteiger partial charge in [0.25, 0.3) is 0 Å². The van der Waals surface area contributed by atoms with Gasteiger partial charge in [0, 0.05) is 10.7 Å². The molecule has 21 heavy (non-hydrogen) atoms. The number of nitrogens with one attached hydrogen (secondary N) is 1. The quantitative estimate of drug-likeness (QED) is 0.786. The summed E-state index contributed by atoms with van der Waals surface area (Å²) in [5, 5.41) is 11.4. The van der Waals surface area contributed by atoms with Crippen LogP contribution >= 0.6 is 23.2 Å². The van der Waals surface area contributed by atoms with Crippen LogP contribution in [0.15, 0.2) is 30.3 Å². The highest BCUT2D eigenvalue weighted by molar-refractivity contribution is 6.31. The molecule has 1 aromatic heterocycles. The van der Waals surface area contributed by atoms with Crippen LogP contribution in [0.25, 0.3) is 0 Å². The molecule has 1 aromatic carbocycles. The Morgan fingerprint density at radius 2 is 1.81 bits per heavy atom. The molecule has 1 N–H and O–H groups in total. The van der Waals surface area contributed by atoms with Crippen molar-refractivity contribution in [1.29, 1.82) is 5.26 Å². The van der Waals surface area contributed by atoms with E-state index in [2.05, 4.69) is 10.3 Å². The molecule has 0 unspecified atom stereocenters. The third-order valence-corrected chi connectivity index (χ3v) is 2.83. The Labute approximate surface area is 127 Å². The Balaban J connectivity index is 2.38. The summed E-state index contributed by atoms with van der Waals surface area (Å²) in [5.74, 6) is 0.148. The van der Waals surface area contributed by atoms with Gasteiger partial charge in [-0.1, -0.05) is 23.2 Å². The molecule has 0 spiro atoms. The van der Waals surface area contributed by atoms with E-state index >= 15 is 0 Å². The average molecular weight is 332 g/mol. The van der Waals surface area contributed by atoms with Gasteiger partial charge in [0.2, 0.25) is 0 Å². The third-order valence-electron chi connectivity index (χ3n) is 2.42. The van der Waals surface area contributed by atoms with E-state index in [0.717, 1.165) is 12.1 Å². The number of pyridine rings is 1. The topological polar surface area (TPSA) is 48.7 Å². The molecule has 0 bridgehead atoms. The van der Waals surface area contributed by atoms with Gasteiger partial charge in [-0.2, -0.15) is 18.4 Å². The van der Waals surface area contributed by atoms with Crippen LogP contribution in [0, 0.1) is 11.3 Å². The Kier molecular flexibility index (Phi) is 4.26. The lowest BCUT2D eigenvalue weighted by atomic mass is 10.2. The molecule has 108 valence electrons. The lowest BCUT2D eigenvalue weighted by Gasteiger charge is -2.11. The van der Waals surface area contributed by atoms with Crippen molar-refractivity contribution < 1.29 is 13.2 Å². The maximum atomic E-state index is 12.7. The summed E-state index contributed by atoms with van der Waals surface area (Å²) in [4.78, 5) is 3.88. The monoisotopic (exact) mass is 331 g/mol. The highest BCUT2D eigenvalue weighted by Gasteiger charge is 2.31.